The van der Waals surface area contributed by atoms with Crippen molar-refractivity contribution in [3.05, 3.63) is 69.2 Å². The van der Waals surface area contributed by atoms with Gasteiger partial charge in [-0.2, -0.15) is 0 Å². The number of Topliss-reactive ketones (excluding diaryl/α,β-unsaturated/α-hetero) is 1. The highest BCUT2D eigenvalue weighted by Gasteiger charge is 2.46. The summed E-state index contributed by atoms with van der Waals surface area (Å²) >= 11 is 6.06. The SMILES string of the molecule is COCCN1C(=O)C(=O)/C(=C(\O)c2ccc(C)c(C)c2)C1c1ccc(O)c(Cl)c1. The molecule has 1 aliphatic rings. The lowest BCUT2D eigenvalue weighted by Gasteiger charge is -2.25. The molecule has 0 aliphatic carbocycles. The van der Waals surface area contributed by atoms with Crippen LogP contribution in [0.5, 0.6) is 5.75 Å². The van der Waals surface area contributed by atoms with Gasteiger partial charge >= 0.3 is 0 Å². The molecule has 152 valence electrons. The molecule has 0 aromatic heterocycles. The Labute approximate surface area is 174 Å². The molecule has 1 fully saturated rings. The molecule has 6 nitrogen and oxygen atoms in total. The standard InChI is InChI=1S/C22H22ClNO5/c1-12-4-5-15(10-13(12)2)20(26)18-19(14-6-7-17(25)16(23)11-14)24(8-9-29-3)22(28)21(18)27/h4-7,10-11,19,25-26H,8-9H2,1-3H3/b20-18-. The van der Waals surface area contributed by atoms with Crippen LogP contribution in [0.1, 0.15) is 28.3 Å². The van der Waals surface area contributed by atoms with E-state index in [1.54, 1.807) is 18.2 Å². The lowest BCUT2D eigenvalue weighted by molar-refractivity contribution is -0.140. The quantitative estimate of drug-likeness (QED) is 0.441. The molecule has 3 rings (SSSR count). The molecule has 2 N–H and O–H groups in total. The first-order valence-corrected chi connectivity index (χ1v) is 9.47. The van der Waals surface area contributed by atoms with Gasteiger partial charge in [0.15, 0.2) is 0 Å². The minimum Gasteiger partial charge on any atom is -0.507 e. The Bertz CT molecular complexity index is 1010. The first-order chi connectivity index (χ1) is 13.8. The Balaban J connectivity index is 2.20. The predicted molar refractivity (Wildman–Crippen MR) is 110 cm³/mol. The number of aliphatic hydroxyl groups is 1. The summed E-state index contributed by atoms with van der Waals surface area (Å²) in [5.41, 5.74) is 2.94. The maximum atomic E-state index is 12.8. The van der Waals surface area contributed by atoms with Crippen molar-refractivity contribution in [2.24, 2.45) is 0 Å². The van der Waals surface area contributed by atoms with Crippen LogP contribution in [0.25, 0.3) is 5.76 Å². The van der Waals surface area contributed by atoms with Crippen LogP contribution < -0.4 is 0 Å². The maximum absolute atomic E-state index is 12.8. The van der Waals surface area contributed by atoms with Crippen molar-refractivity contribution in [3.8, 4) is 5.75 Å². The van der Waals surface area contributed by atoms with Crippen molar-refractivity contribution in [1.82, 2.24) is 4.90 Å². The number of ketones is 1. The molecular weight excluding hydrogens is 394 g/mol. The van der Waals surface area contributed by atoms with E-state index in [1.807, 2.05) is 19.9 Å². The number of phenols is 1. The summed E-state index contributed by atoms with van der Waals surface area (Å²) in [6.45, 7) is 4.23. The van der Waals surface area contributed by atoms with Gasteiger partial charge in [-0.15, -0.1) is 0 Å². The zero-order valence-electron chi connectivity index (χ0n) is 16.4. The zero-order valence-corrected chi connectivity index (χ0v) is 17.2. The van der Waals surface area contributed by atoms with Crippen LogP contribution in [0.2, 0.25) is 5.02 Å². The van der Waals surface area contributed by atoms with Crippen molar-refractivity contribution in [3.63, 3.8) is 0 Å². The molecule has 1 amide bonds. The minimum atomic E-state index is -0.843. The van der Waals surface area contributed by atoms with Crippen LogP contribution in [0.4, 0.5) is 0 Å². The second-order valence-electron chi connectivity index (χ2n) is 7.00. The Morgan fingerprint density at radius 1 is 1.14 bits per heavy atom. The van der Waals surface area contributed by atoms with E-state index in [2.05, 4.69) is 0 Å². The largest absolute Gasteiger partial charge is 0.507 e. The zero-order chi connectivity index (χ0) is 21.3. The fourth-order valence-corrected chi connectivity index (χ4v) is 3.57. The van der Waals surface area contributed by atoms with Crippen LogP contribution in [-0.2, 0) is 14.3 Å². The average Bonchev–Trinajstić information content (AvgIpc) is 2.94. The maximum Gasteiger partial charge on any atom is 0.295 e. The van der Waals surface area contributed by atoms with E-state index >= 15 is 0 Å². The molecule has 2 aromatic rings. The highest BCUT2D eigenvalue weighted by molar-refractivity contribution is 6.46. The molecule has 2 aromatic carbocycles. The molecular formula is C22H22ClNO5. The van der Waals surface area contributed by atoms with E-state index in [9.17, 15) is 19.8 Å². The number of hydrogen-bond acceptors (Lipinski definition) is 5. The van der Waals surface area contributed by atoms with Crippen LogP contribution in [0.15, 0.2) is 42.0 Å². The van der Waals surface area contributed by atoms with Crippen molar-refractivity contribution < 1.29 is 24.5 Å². The number of hydrogen-bond donors (Lipinski definition) is 2. The van der Waals surface area contributed by atoms with Gasteiger partial charge < -0.3 is 19.8 Å². The summed E-state index contributed by atoms with van der Waals surface area (Å²) in [7, 11) is 1.50. The van der Waals surface area contributed by atoms with E-state index in [0.717, 1.165) is 11.1 Å². The van der Waals surface area contributed by atoms with Gasteiger partial charge in [0.2, 0.25) is 0 Å². The predicted octanol–water partition coefficient (Wildman–Crippen LogP) is 3.73. The molecule has 7 heteroatoms. The Kier molecular flexibility index (Phi) is 5.96. The molecule has 1 heterocycles. The number of halogens is 1. The van der Waals surface area contributed by atoms with Gasteiger partial charge in [0, 0.05) is 19.2 Å². The van der Waals surface area contributed by atoms with E-state index in [4.69, 9.17) is 16.3 Å². The molecule has 0 radical (unpaired) electrons. The molecule has 0 saturated carbocycles. The summed E-state index contributed by atoms with van der Waals surface area (Å²) in [5, 5.41) is 20.8. The molecule has 1 unspecified atom stereocenters. The number of aliphatic hydroxyl groups excluding tert-OH is 1. The number of amides is 1. The normalized spacial score (nSPS) is 18.5. The summed E-state index contributed by atoms with van der Waals surface area (Å²) < 4.78 is 5.07. The molecule has 29 heavy (non-hydrogen) atoms. The van der Waals surface area contributed by atoms with Gasteiger partial charge in [-0.3, -0.25) is 9.59 Å². The number of methoxy groups -OCH3 is 1. The van der Waals surface area contributed by atoms with Gasteiger partial charge in [-0.25, -0.2) is 0 Å². The number of nitrogens with zero attached hydrogens (tertiary/aromatic N) is 1. The Hall–Kier alpha value is -2.83. The third kappa shape index (κ3) is 3.86. The first-order valence-electron chi connectivity index (χ1n) is 9.09. The number of phenolic OH excluding ortho intramolecular Hbond substituents is 1. The van der Waals surface area contributed by atoms with Gasteiger partial charge in [0.1, 0.15) is 11.5 Å². The summed E-state index contributed by atoms with van der Waals surface area (Å²) in [6.07, 6.45) is 0. The lowest BCUT2D eigenvalue weighted by atomic mass is 9.94. The fraction of sp³-hybridized carbons (Fsp3) is 0.273. The third-order valence-corrected chi connectivity index (χ3v) is 5.45. The van der Waals surface area contributed by atoms with Gasteiger partial charge in [0.05, 0.1) is 23.2 Å². The topological polar surface area (TPSA) is 87.1 Å². The number of aromatic hydroxyl groups is 1. The fourth-order valence-electron chi connectivity index (χ4n) is 3.38. The van der Waals surface area contributed by atoms with Crippen LogP contribution in [-0.4, -0.2) is 47.1 Å². The van der Waals surface area contributed by atoms with Crippen molar-refractivity contribution in [2.45, 2.75) is 19.9 Å². The monoisotopic (exact) mass is 415 g/mol. The second kappa shape index (κ2) is 8.27. The van der Waals surface area contributed by atoms with Gasteiger partial charge in [0.25, 0.3) is 11.7 Å². The smallest absolute Gasteiger partial charge is 0.295 e. The van der Waals surface area contributed by atoms with E-state index in [-0.39, 0.29) is 35.3 Å². The highest BCUT2D eigenvalue weighted by Crippen LogP contribution is 2.41. The highest BCUT2D eigenvalue weighted by atomic mass is 35.5. The number of rotatable bonds is 5. The second-order valence-corrected chi connectivity index (χ2v) is 7.40. The summed E-state index contributed by atoms with van der Waals surface area (Å²) in [4.78, 5) is 26.9. The third-order valence-electron chi connectivity index (χ3n) is 5.14. The molecule has 1 aliphatic heterocycles. The Morgan fingerprint density at radius 3 is 2.48 bits per heavy atom. The van der Waals surface area contributed by atoms with E-state index in [0.29, 0.717) is 11.1 Å². The van der Waals surface area contributed by atoms with Crippen LogP contribution >= 0.6 is 11.6 Å². The number of ether oxygens (including phenoxy) is 1. The van der Waals surface area contributed by atoms with Gasteiger partial charge in [-0.05, 0) is 48.7 Å². The number of carbonyl (C=O) groups is 2. The van der Waals surface area contributed by atoms with E-state index in [1.165, 1.54) is 24.1 Å². The first kappa shape index (κ1) is 20.9. The van der Waals surface area contributed by atoms with Crippen LogP contribution in [0, 0.1) is 13.8 Å². The number of carbonyl (C=O) groups excluding carboxylic acids is 2. The number of benzene rings is 2. The summed E-state index contributed by atoms with van der Waals surface area (Å²) in [5.74, 6) is -1.85. The van der Waals surface area contributed by atoms with Crippen molar-refractivity contribution >= 4 is 29.1 Å². The minimum absolute atomic E-state index is 0.0175. The molecule has 0 spiro atoms. The van der Waals surface area contributed by atoms with Crippen molar-refractivity contribution in [2.75, 3.05) is 20.3 Å². The number of likely N-dealkylation sites (tertiary alicyclic amines) is 1. The number of aryl methyl sites for hydroxylation is 2. The molecule has 1 atom stereocenters. The van der Waals surface area contributed by atoms with Crippen molar-refractivity contribution in [1.29, 1.82) is 0 Å². The molecule has 1 saturated heterocycles. The molecule has 0 bridgehead atoms. The Morgan fingerprint density at radius 2 is 1.86 bits per heavy atom. The van der Waals surface area contributed by atoms with Gasteiger partial charge in [-0.1, -0.05) is 29.8 Å². The average molecular weight is 416 g/mol. The summed E-state index contributed by atoms with van der Waals surface area (Å²) in [6, 6.07) is 8.94. The van der Waals surface area contributed by atoms with E-state index < -0.39 is 17.7 Å². The lowest BCUT2D eigenvalue weighted by Crippen LogP contribution is -2.32. The van der Waals surface area contributed by atoms with Crippen LogP contribution in [0.3, 0.4) is 0 Å².